The van der Waals surface area contributed by atoms with Crippen LogP contribution < -0.4 is 0 Å². The average molecular weight is 1760 g/mol. The normalized spacial score (nSPS) is 10.7. The maximum absolute atomic E-state index is 9.64. The number of nitriles is 4. The molecule has 0 radical (unpaired) electrons. The van der Waals surface area contributed by atoms with Gasteiger partial charge in [0.15, 0.2) is 63.8 Å². The van der Waals surface area contributed by atoms with Crippen molar-refractivity contribution >= 4 is 43.7 Å². The van der Waals surface area contributed by atoms with Gasteiger partial charge in [0.25, 0.3) is 0 Å². The third-order valence-corrected chi connectivity index (χ3v) is 23.8. The van der Waals surface area contributed by atoms with Crippen molar-refractivity contribution in [3.8, 4) is 205 Å². The zero-order valence-electron chi connectivity index (χ0n) is 73.9. The predicted octanol–water partition coefficient (Wildman–Crippen LogP) is 30.3. The molecule has 19 aromatic carbocycles. The summed E-state index contributed by atoms with van der Waals surface area (Å²) < 4.78 is 0. The molecule has 0 bridgehead atoms. The van der Waals surface area contributed by atoms with Crippen molar-refractivity contribution in [2.75, 3.05) is 0 Å². The van der Waals surface area contributed by atoms with Crippen LogP contribution in [0.25, 0.3) is 222 Å². The number of hydrogen-bond donors (Lipinski definition) is 0. The highest BCUT2D eigenvalue weighted by atomic mass is 15.1. The minimum atomic E-state index is 0.437. The zero-order valence-corrected chi connectivity index (χ0v) is 73.9. The molecule has 0 aliphatic heterocycles. The summed E-state index contributed by atoms with van der Waals surface area (Å²) >= 11 is 0. The molecule has 15 heteroatoms. The summed E-state index contributed by atoms with van der Waals surface area (Å²) in [6, 6.07) is 155. The Morgan fingerprint density at radius 2 is 0.370 bits per heavy atom. The lowest BCUT2D eigenvalue weighted by atomic mass is 9.90. The van der Waals surface area contributed by atoms with Crippen LogP contribution in [0.15, 0.2) is 443 Å². The van der Waals surface area contributed by atoms with E-state index in [1.165, 1.54) is 0 Å². The Labute approximate surface area is 796 Å². The van der Waals surface area contributed by atoms with Crippen LogP contribution in [0.3, 0.4) is 0 Å². The monoisotopic (exact) mass is 1760 g/mol. The van der Waals surface area contributed by atoms with E-state index < -0.39 is 0 Å². The van der Waals surface area contributed by atoms with Crippen molar-refractivity contribution in [3.05, 3.63) is 488 Å². The third-order valence-electron chi connectivity index (χ3n) is 23.8. The molecule has 15 nitrogen and oxygen atoms in total. The molecule has 3 aromatic heterocycles. The molecule has 640 valence electrons. The van der Waals surface area contributed by atoms with Crippen molar-refractivity contribution in [2.45, 2.75) is 0 Å². The minimum absolute atomic E-state index is 0.437. The summed E-state index contributed by atoms with van der Waals surface area (Å²) in [6.45, 7) is 15.0. The maximum atomic E-state index is 9.64. The Kier molecular flexibility index (Phi) is 24.5. The summed E-state index contributed by atoms with van der Waals surface area (Å²) in [7, 11) is 0. The highest BCUT2D eigenvalue weighted by Gasteiger charge is 2.22. The molecule has 138 heavy (non-hydrogen) atoms. The lowest BCUT2D eigenvalue weighted by molar-refractivity contribution is 1.07. The zero-order chi connectivity index (χ0) is 93.6. The number of rotatable bonds is 16. The number of aromatic nitrogens is 9. The van der Waals surface area contributed by atoms with Gasteiger partial charge in [0.2, 0.25) is 0 Å². The summed E-state index contributed by atoms with van der Waals surface area (Å²) in [4.78, 5) is 50.8. The van der Waals surface area contributed by atoms with Crippen LogP contribution in [0.5, 0.6) is 0 Å². The molecule has 0 saturated heterocycles. The molecule has 0 unspecified atom stereocenters. The first kappa shape index (κ1) is 86.0. The van der Waals surface area contributed by atoms with Gasteiger partial charge < -0.3 is 0 Å². The van der Waals surface area contributed by atoms with E-state index in [0.717, 1.165) is 160 Å². The van der Waals surface area contributed by atoms with Crippen LogP contribution in [0.4, 0.5) is 11.4 Å². The SMILES string of the molecule is N#Cc1cc(C#N)cc(-c2cc(-c3ccc(-c4nc(-c5ccccc5)nc(-c5ccccc5)n4)cc3)cc3ccccc23)c1.[C-]#[N+]c1cc(C#N)cc(-c2cc3ccccc3cc2-c2ccc(-c3nc(-c4ccccc4)nc(-c4ccccc4)n3)cc2)c1.[C-]#[N+]c1cc(C#N)cc(-c2ccc(-c3cc4ccccc4cc3-c3ccc(-c4nc(-c5ccccc5)nc(-c5ccccc5)n4)cc3)cc2)c1. The van der Waals surface area contributed by atoms with E-state index in [0.29, 0.717) is 86.0 Å². The Morgan fingerprint density at radius 3 is 0.652 bits per heavy atom. The molecule has 0 atom stereocenters. The topological polar surface area (TPSA) is 220 Å². The van der Waals surface area contributed by atoms with Gasteiger partial charge in [0.05, 0.1) is 48.5 Å². The van der Waals surface area contributed by atoms with Crippen molar-refractivity contribution in [1.82, 2.24) is 44.9 Å². The summed E-state index contributed by atoms with van der Waals surface area (Å²) in [5.41, 5.74) is 24.7. The quantitative estimate of drug-likeness (QED) is 0.0823. The smallest absolute Gasteiger partial charge is 0.189 e. The van der Waals surface area contributed by atoms with Crippen LogP contribution in [-0.4, -0.2) is 44.9 Å². The van der Waals surface area contributed by atoms with Gasteiger partial charge in [0, 0.05) is 61.2 Å². The number of fused-ring (bicyclic) bond motifs is 3. The van der Waals surface area contributed by atoms with Gasteiger partial charge >= 0.3 is 0 Å². The van der Waals surface area contributed by atoms with Crippen LogP contribution >= 0.6 is 0 Å². The molecule has 22 rings (SSSR count). The van der Waals surface area contributed by atoms with E-state index in [9.17, 15) is 21.0 Å². The molecule has 0 spiro atoms. The van der Waals surface area contributed by atoms with Crippen LogP contribution in [0.1, 0.15) is 22.3 Å². The number of nitrogens with zero attached hydrogens (tertiary/aromatic N) is 15. The molecule has 0 N–H and O–H groups in total. The molecule has 0 saturated carbocycles. The van der Waals surface area contributed by atoms with Crippen LogP contribution in [0.2, 0.25) is 0 Å². The molecule has 0 aliphatic carbocycles. The number of benzene rings is 19. The first-order valence-electron chi connectivity index (χ1n) is 44.5. The summed E-state index contributed by atoms with van der Waals surface area (Å²) in [5, 5.41) is 44.9. The van der Waals surface area contributed by atoms with Gasteiger partial charge in [-0.15, -0.1) is 0 Å². The lowest BCUT2D eigenvalue weighted by Crippen LogP contribution is -2.00. The van der Waals surface area contributed by atoms with Crippen molar-refractivity contribution < 1.29 is 0 Å². The first-order valence-corrected chi connectivity index (χ1v) is 44.5. The Balaban J connectivity index is 0.000000128. The highest BCUT2D eigenvalue weighted by Crippen LogP contribution is 2.43. The van der Waals surface area contributed by atoms with E-state index in [-0.39, 0.29) is 0 Å². The Hall–Kier alpha value is -20.1. The molecule has 3 heterocycles. The number of hydrogen-bond acceptors (Lipinski definition) is 13. The Bertz CT molecular complexity index is 8380. The van der Waals surface area contributed by atoms with E-state index in [1.54, 1.807) is 18.2 Å². The second-order valence-corrected chi connectivity index (χ2v) is 32.7. The van der Waals surface area contributed by atoms with Gasteiger partial charge in [-0.05, 0) is 201 Å². The third kappa shape index (κ3) is 18.9. The van der Waals surface area contributed by atoms with E-state index in [1.807, 2.05) is 267 Å². The van der Waals surface area contributed by atoms with E-state index >= 15 is 0 Å². The Morgan fingerprint density at radius 1 is 0.159 bits per heavy atom. The van der Waals surface area contributed by atoms with Crippen molar-refractivity contribution in [1.29, 1.82) is 21.0 Å². The lowest BCUT2D eigenvalue weighted by Gasteiger charge is -2.14. The first-order chi connectivity index (χ1) is 68.0. The van der Waals surface area contributed by atoms with Crippen LogP contribution in [0, 0.1) is 58.5 Å². The largest absolute Gasteiger partial charge is 0.238 e. The van der Waals surface area contributed by atoms with Crippen molar-refractivity contribution in [2.24, 2.45) is 0 Å². The molecule has 22 aromatic rings. The fraction of sp³-hybridized carbons (Fsp3) is 0. The minimum Gasteiger partial charge on any atom is -0.238 e. The second kappa shape index (κ2) is 39.3. The second-order valence-electron chi connectivity index (χ2n) is 32.7. The van der Waals surface area contributed by atoms with Crippen LogP contribution in [-0.2, 0) is 0 Å². The molecular formula is C123H73N15. The van der Waals surface area contributed by atoms with Gasteiger partial charge in [-0.25, -0.2) is 54.5 Å². The van der Waals surface area contributed by atoms with Gasteiger partial charge in [0.1, 0.15) is 0 Å². The van der Waals surface area contributed by atoms with E-state index in [2.05, 4.69) is 192 Å². The summed E-state index contributed by atoms with van der Waals surface area (Å²) in [5.74, 6) is 5.52. The van der Waals surface area contributed by atoms with Gasteiger partial charge in [-0.3, -0.25) is 0 Å². The van der Waals surface area contributed by atoms with Crippen molar-refractivity contribution in [3.63, 3.8) is 0 Å². The fourth-order valence-electron chi connectivity index (χ4n) is 16.9. The molecule has 0 aliphatic rings. The molecular weight excluding hydrogens is 1690 g/mol. The summed E-state index contributed by atoms with van der Waals surface area (Å²) in [6.07, 6.45) is 0. The molecule has 0 fully saturated rings. The maximum Gasteiger partial charge on any atom is 0.189 e. The standard InChI is InChI=1S/C45H27N5.2C39H23N5/c1-47-40-25-30(29-46)24-39(26-40)31-16-18-32(19-17-31)41-27-37-14-8-9-15-38(37)28-42(41)33-20-22-36(23-21-33)45-49-43(34-10-4-2-5-11-34)48-44(50-45)35-12-6-3-7-13-35;1-41-34-21-26(25-40)20-33(22-34)36-24-32-15-9-8-14-31(32)23-35(36)27-16-18-30(19-17-27)39-43-37(28-10-4-2-5-11-28)42-38(44-39)29-12-6-3-7-13-29;40-24-26-19-27(25-41)21-34(20-26)36-23-33(22-32-13-7-8-14-35(32)36)28-15-17-31(18-16-28)39-43-37(29-9-3-1-4-10-29)42-38(44-39)30-11-5-2-6-12-30/h2-28H;2-24H;1-23H. The predicted molar refractivity (Wildman–Crippen MR) is 550 cm³/mol. The van der Waals surface area contributed by atoms with E-state index in [4.69, 9.17) is 58.0 Å². The average Bonchev–Trinajstić information content (AvgIpc) is 0.771. The fourth-order valence-corrected chi connectivity index (χ4v) is 16.9. The molecule has 0 amide bonds. The van der Waals surface area contributed by atoms with Gasteiger partial charge in [-0.2, -0.15) is 21.0 Å². The highest BCUT2D eigenvalue weighted by molar-refractivity contribution is 6.02. The van der Waals surface area contributed by atoms with Gasteiger partial charge in [-0.1, -0.05) is 352 Å².